The Hall–Kier alpha value is -2.93. The van der Waals surface area contributed by atoms with Crippen molar-refractivity contribution in [3.05, 3.63) is 58.5 Å². The van der Waals surface area contributed by atoms with E-state index in [0.717, 1.165) is 69.3 Å². The summed E-state index contributed by atoms with van der Waals surface area (Å²) in [7, 11) is 0. The maximum Gasteiger partial charge on any atom is 0.303 e. The lowest BCUT2D eigenvalue weighted by molar-refractivity contribution is -0.137. The monoisotopic (exact) mass is 512 g/mol. The molecule has 0 radical (unpaired) electrons. The Morgan fingerprint density at radius 2 is 1.42 bits per heavy atom. The molecule has 0 saturated carbocycles. The van der Waals surface area contributed by atoms with Gasteiger partial charge in [-0.05, 0) is 63.1 Å². The highest BCUT2D eigenvalue weighted by atomic mass is 32.1. The quantitative estimate of drug-likeness (QED) is 0.130. The summed E-state index contributed by atoms with van der Waals surface area (Å²) in [5.74, 6) is -0.917. The SMILES string of the molecule is CCN(CC)c1ccc(C=CC(=O)c2ccc(C(=O)NCCCCCCCCCCC(=O)O)cc2)s1. The molecule has 0 bridgehead atoms. The molecule has 196 valence electrons. The number of thiophene rings is 1. The van der Waals surface area contributed by atoms with E-state index in [4.69, 9.17) is 5.11 Å². The molecule has 2 N–H and O–H groups in total. The summed E-state index contributed by atoms with van der Waals surface area (Å²) in [4.78, 5) is 38.7. The highest BCUT2D eigenvalue weighted by molar-refractivity contribution is 7.16. The van der Waals surface area contributed by atoms with E-state index in [1.807, 2.05) is 12.1 Å². The number of carbonyl (C=O) groups excluding carboxylic acids is 2. The maximum atomic E-state index is 12.5. The maximum absolute atomic E-state index is 12.5. The Morgan fingerprint density at radius 1 is 0.833 bits per heavy atom. The summed E-state index contributed by atoms with van der Waals surface area (Å²) >= 11 is 1.67. The van der Waals surface area contributed by atoms with Gasteiger partial charge in [0.25, 0.3) is 5.91 Å². The fourth-order valence-electron chi connectivity index (χ4n) is 3.94. The van der Waals surface area contributed by atoms with Gasteiger partial charge >= 0.3 is 5.97 Å². The Balaban J connectivity index is 1.65. The minimum atomic E-state index is -0.715. The Morgan fingerprint density at radius 3 is 2.03 bits per heavy atom. The van der Waals surface area contributed by atoms with Crippen molar-refractivity contribution < 1.29 is 19.5 Å². The number of nitrogens with zero attached hydrogens (tertiary/aromatic N) is 1. The van der Waals surface area contributed by atoms with Gasteiger partial charge in [-0.1, -0.05) is 50.7 Å². The van der Waals surface area contributed by atoms with Crippen LogP contribution in [0.1, 0.15) is 97.2 Å². The molecule has 6 nitrogen and oxygen atoms in total. The van der Waals surface area contributed by atoms with E-state index < -0.39 is 5.97 Å². The van der Waals surface area contributed by atoms with Crippen LogP contribution in [0.5, 0.6) is 0 Å². The van der Waals surface area contributed by atoms with Crippen LogP contribution < -0.4 is 10.2 Å². The third-order valence-corrected chi connectivity index (χ3v) is 7.23. The van der Waals surface area contributed by atoms with Crippen LogP contribution in [0.25, 0.3) is 6.08 Å². The second kappa shape index (κ2) is 16.7. The first-order valence-electron chi connectivity index (χ1n) is 13.1. The van der Waals surface area contributed by atoms with Crippen molar-refractivity contribution in [1.82, 2.24) is 5.32 Å². The molecule has 0 aliphatic carbocycles. The fourth-order valence-corrected chi connectivity index (χ4v) is 4.98. The summed E-state index contributed by atoms with van der Waals surface area (Å²) in [5.41, 5.74) is 1.12. The van der Waals surface area contributed by atoms with E-state index in [1.165, 1.54) is 5.00 Å². The smallest absolute Gasteiger partial charge is 0.303 e. The number of amides is 1. The van der Waals surface area contributed by atoms with Crippen LogP contribution >= 0.6 is 11.3 Å². The van der Waals surface area contributed by atoms with Crippen LogP contribution in [0.4, 0.5) is 5.00 Å². The van der Waals surface area contributed by atoms with Crippen LogP contribution in [0.15, 0.2) is 42.5 Å². The molecule has 0 saturated heterocycles. The van der Waals surface area contributed by atoms with Crippen molar-refractivity contribution in [2.45, 2.75) is 71.6 Å². The zero-order valence-electron chi connectivity index (χ0n) is 21.6. The third-order valence-electron chi connectivity index (χ3n) is 6.12. The largest absolute Gasteiger partial charge is 0.481 e. The minimum absolute atomic E-state index is 0.0818. The van der Waals surface area contributed by atoms with Gasteiger partial charge in [-0.15, -0.1) is 11.3 Å². The fraction of sp³-hybridized carbons (Fsp3) is 0.483. The molecule has 0 aliphatic rings. The van der Waals surface area contributed by atoms with Gasteiger partial charge in [-0.2, -0.15) is 0 Å². The normalized spacial score (nSPS) is 11.1. The first kappa shape index (κ1) is 29.3. The van der Waals surface area contributed by atoms with Crippen molar-refractivity contribution in [3.63, 3.8) is 0 Å². The van der Waals surface area contributed by atoms with Gasteiger partial charge < -0.3 is 15.3 Å². The van der Waals surface area contributed by atoms with Gasteiger partial charge in [0.05, 0.1) is 5.00 Å². The number of carbonyl (C=O) groups is 3. The summed E-state index contributed by atoms with van der Waals surface area (Å²) in [6.45, 7) is 6.81. The first-order chi connectivity index (χ1) is 17.4. The van der Waals surface area contributed by atoms with E-state index in [0.29, 0.717) is 17.7 Å². The lowest BCUT2D eigenvalue weighted by Gasteiger charge is -2.17. The number of benzene rings is 1. The highest BCUT2D eigenvalue weighted by Crippen LogP contribution is 2.27. The van der Waals surface area contributed by atoms with E-state index in [-0.39, 0.29) is 18.1 Å². The first-order valence-corrected chi connectivity index (χ1v) is 13.9. The van der Waals surface area contributed by atoms with Crippen molar-refractivity contribution in [1.29, 1.82) is 0 Å². The van der Waals surface area contributed by atoms with Crippen molar-refractivity contribution in [2.24, 2.45) is 0 Å². The number of anilines is 1. The number of carboxylic acids is 1. The van der Waals surface area contributed by atoms with Crippen LogP contribution in [0, 0.1) is 0 Å². The van der Waals surface area contributed by atoms with Gasteiger partial charge in [0, 0.05) is 42.1 Å². The molecule has 2 aromatic rings. The van der Waals surface area contributed by atoms with E-state index >= 15 is 0 Å². The van der Waals surface area contributed by atoms with E-state index in [1.54, 1.807) is 41.7 Å². The average molecular weight is 513 g/mol. The molecule has 0 atom stereocenters. The molecule has 0 fully saturated rings. The molecule has 0 aliphatic heterocycles. The van der Waals surface area contributed by atoms with Crippen LogP contribution in [0.3, 0.4) is 0 Å². The molecule has 1 aromatic carbocycles. The van der Waals surface area contributed by atoms with E-state index in [9.17, 15) is 14.4 Å². The van der Waals surface area contributed by atoms with E-state index in [2.05, 4.69) is 30.1 Å². The number of nitrogens with one attached hydrogen (secondary N) is 1. The second-order valence-electron chi connectivity index (χ2n) is 8.85. The van der Waals surface area contributed by atoms with Gasteiger partial charge in [0.15, 0.2) is 5.78 Å². The number of ketones is 1. The Labute approximate surface area is 219 Å². The molecular formula is C29H40N2O4S. The predicted molar refractivity (Wildman–Crippen MR) is 149 cm³/mol. The van der Waals surface area contributed by atoms with Crippen LogP contribution in [-0.4, -0.2) is 42.4 Å². The number of hydrogen-bond donors (Lipinski definition) is 2. The molecule has 1 heterocycles. The second-order valence-corrected chi connectivity index (χ2v) is 9.95. The van der Waals surface area contributed by atoms with Gasteiger partial charge in [-0.25, -0.2) is 0 Å². The summed E-state index contributed by atoms with van der Waals surface area (Å²) < 4.78 is 0. The molecular weight excluding hydrogens is 472 g/mol. The van der Waals surface area contributed by atoms with Gasteiger partial charge in [-0.3, -0.25) is 14.4 Å². The van der Waals surface area contributed by atoms with Crippen molar-refractivity contribution in [2.75, 3.05) is 24.5 Å². The molecule has 36 heavy (non-hydrogen) atoms. The number of hydrogen-bond acceptors (Lipinski definition) is 5. The van der Waals surface area contributed by atoms with Crippen molar-refractivity contribution in [3.8, 4) is 0 Å². The number of aliphatic carboxylic acids is 1. The molecule has 0 unspecified atom stereocenters. The number of unbranched alkanes of at least 4 members (excludes halogenated alkanes) is 7. The van der Waals surface area contributed by atoms with Crippen LogP contribution in [-0.2, 0) is 4.79 Å². The molecule has 1 aromatic heterocycles. The minimum Gasteiger partial charge on any atom is -0.481 e. The Kier molecular flexibility index (Phi) is 13.6. The molecule has 2 rings (SSSR count). The Bertz CT molecular complexity index is 977. The number of rotatable bonds is 18. The molecule has 0 spiro atoms. The van der Waals surface area contributed by atoms with Crippen molar-refractivity contribution >= 4 is 40.1 Å². The standard InChI is InChI=1S/C29H40N2O4S/c1-3-31(4-2)27-21-19-25(36-27)18-20-26(32)23-14-16-24(17-15-23)29(35)30-22-12-10-8-6-5-7-9-11-13-28(33)34/h14-21H,3-13,22H2,1-2H3,(H,30,35)(H,33,34). The lowest BCUT2D eigenvalue weighted by atomic mass is 10.1. The molecule has 1 amide bonds. The van der Waals surface area contributed by atoms with Crippen LogP contribution in [0.2, 0.25) is 0 Å². The lowest BCUT2D eigenvalue weighted by Crippen LogP contribution is -2.24. The number of carboxylic acid groups (broad SMARTS) is 1. The summed E-state index contributed by atoms with van der Waals surface area (Å²) in [6.07, 6.45) is 11.9. The topological polar surface area (TPSA) is 86.7 Å². The molecule has 7 heteroatoms. The van der Waals surface area contributed by atoms with Gasteiger partial charge in [0.1, 0.15) is 0 Å². The van der Waals surface area contributed by atoms with Gasteiger partial charge in [0.2, 0.25) is 0 Å². The third kappa shape index (κ3) is 10.8. The summed E-state index contributed by atoms with van der Waals surface area (Å²) in [6, 6.07) is 10.9. The predicted octanol–water partition coefficient (Wildman–Crippen LogP) is 6.82. The zero-order valence-corrected chi connectivity index (χ0v) is 22.4. The summed E-state index contributed by atoms with van der Waals surface area (Å²) in [5, 5.41) is 12.8. The average Bonchev–Trinajstić information content (AvgIpc) is 3.35. The highest BCUT2D eigenvalue weighted by Gasteiger charge is 2.08. The zero-order chi connectivity index (χ0) is 26.2. The number of allylic oxidation sites excluding steroid dienone is 1.